The fraction of sp³-hybridized carbons (Fsp3) is 0.111. The summed E-state index contributed by atoms with van der Waals surface area (Å²) >= 11 is 0. The van der Waals surface area contributed by atoms with Crippen LogP contribution >= 0.6 is 0 Å². The maximum Gasteiger partial charge on any atom is 0.338 e. The third-order valence-electron chi connectivity index (χ3n) is 5.82. The number of esters is 1. The van der Waals surface area contributed by atoms with E-state index in [0.717, 1.165) is 16.0 Å². The number of benzene rings is 3. The second kappa shape index (κ2) is 8.12. The van der Waals surface area contributed by atoms with Gasteiger partial charge in [0.1, 0.15) is 12.2 Å². The third kappa shape index (κ3) is 3.57. The molecule has 168 valence electrons. The zero-order valence-corrected chi connectivity index (χ0v) is 18.5. The Morgan fingerprint density at radius 3 is 2.44 bits per heavy atom. The van der Waals surface area contributed by atoms with Crippen LogP contribution in [0.25, 0.3) is 11.0 Å². The number of hydrogen-bond acceptors (Lipinski definition) is 6. The molecular formula is C27H19NO6. The largest absolute Gasteiger partial charge is 0.457 e. The molecule has 1 aliphatic rings. The van der Waals surface area contributed by atoms with Crippen LogP contribution in [0.4, 0.5) is 5.69 Å². The van der Waals surface area contributed by atoms with Gasteiger partial charge in [0.2, 0.25) is 0 Å². The van der Waals surface area contributed by atoms with E-state index < -0.39 is 23.4 Å². The van der Waals surface area contributed by atoms with Crippen LogP contribution in [0.15, 0.2) is 75.9 Å². The molecule has 0 spiro atoms. The summed E-state index contributed by atoms with van der Waals surface area (Å²) in [6, 6.07) is 18.1. The number of imide groups is 1. The van der Waals surface area contributed by atoms with Gasteiger partial charge in [-0.25, -0.2) is 14.5 Å². The van der Waals surface area contributed by atoms with E-state index in [1.807, 2.05) is 32.0 Å². The van der Waals surface area contributed by atoms with Crippen molar-refractivity contribution in [3.05, 3.63) is 111 Å². The minimum atomic E-state index is -0.675. The molecule has 0 N–H and O–H groups in total. The van der Waals surface area contributed by atoms with Crippen molar-refractivity contribution in [2.45, 2.75) is 20.5 Å². The van der Waals surface area contributed by atoms with Crippen LogP contribution in [0.2, 0.25) is 0 Å². The molecule has 5 rings (SSSR count). The number of carbonyl (C=O) groups is 3. The Labute approximate surface area is 194 Å². The Balaban J connectivity index is 1.40. The number of rotatable bonds is 4. The highest BCUT2D eigenvalue weighted by atomic mass is 16.5. The fourth-order valence-electron chi connectivity index (χ4n) is 4.08. The standard InChI is InChI=1S/C27H19NO6/c1-15-7-9-19-18(13-24(29)34-23(19)11-15)14-33-27(32)17-8-10-20-21(12-17)26(31)28(25(20)30)22-6-4-3-5-16(22)2/h3-13H,14H2,1-2H3. The van der Waals surface area contributed by atoms with E-state index in [-0.39, 0.29) is 23.3 Å². The number of fused-ring (bicyclic) bond motifs is 2. The zero-order valence-electron chi connectivity index (χ0n) is 18.5. The topological polar surface area (TPSA) is 93.9 Å². The SMILES string of the molecule is Cc1ccc2c(COC(=O)c3ccc4c(c3)C(=O)N(c3ccccc3C)C4=O)cc(=O)oc2c1. The summed E-state index contributed by atoms with van der Waals surface area (Å²) in [5.41, 5.74) is 3.11. The molecule has 0 atom stereocenters. The van der Waals surface area contributed by atoms with Crippen molar-refractivity contribution in [2.24, 2.45) is 0 Å². The van der Waals surface area contributed by atoms with Crippen molar-refractivity contribution < 1.29 is 23.5 Å². The van der Waals surface area contributed by atoms with Crippen molar-refractivity contribution in [3.8, 4) is 0 Å². The van der Waals surface area contributed by atoms with Gasteiger partial charge in [0.15, 0.2) is 0 Å². The Bertz CT molecular complexity index is 1570. The summed E-state index contributed by atoms with van der Waals surface area (Å²) in [5, 5.41) is 0.668. The molecule has 0 bridgehead atoms. The van der Waals surface area contributed by atoms with Gasteiger partial charge in [-0.05, 0) is 55.3 Å². The van der Waals surface area contributed by atoms with E-state index in [9.17, 15) is 19.2 Å². The van der Waals surface area contributed by atoms with Crippen LogP contribution in [0.3, 0.4) is 0 Å². The van der Waals surface area contributed by atoms with Gasteiger partial charge in [0.05, 0.1) is 22.4 Å². The molecule has 2 amide bonds. The lowest BCUT2D eigenvalue weighted by molar-refractivity contribution is 0.0473. The normalized spacial score (nSPS) is 12.8. The maximum absolute atomic E-state index is 13.0. The number of anilines is 1. The van der Waals surface area contributed by atoms with Gasteiger partial charge in [-0.15, -0.1) is 0 Å². The van der Waals surface area contributed by atoms with E-state index >= 15 is 0 Å². The minimum absolute atomic E-state index is 0.134. The summed E-state index contributed by atoms with van der Waals surface area (Å²) in [6.07, 6.45) is 0. The first-order chi connectivity index (χ1) is 16.3. The van der Waals surface area contributed by atoms with Crippen molar-refractivity contribution in [1.82, 2.24) is 0 Å². The van der Waals surface area contributed by atoms with Crippen molar-refractivity contribution >= 4 is 34.4 Å². The van der Waals surface area contributed by atoms with Gasteiger partial charge in [0, 0.05) is 17.0 Å². The molecule has 0 saturated heterocycles. The van der Waals surface area contributed by atoms with Crippen LogP contribution in [0, 0.1) is 13.8 Å². The van der Waals surface area contributed by atoms with Gasteiger partial charge < -0.3 is 9.15 Å². The molecule has 2 heterocycles. The molecule has 7 heteroatoms. The molecular weight excluding hydrogens is 434 g/mol. The molecule has 0 radical (unpaired) electrons. The van der Waals surface area contributed by atoms with Crippen LogP contribution in [0.1, 0.15) is 47.8 Å². The first kappa shape index (κ1) is 21.3. The summed E-state index contributed by atoms with van der Waals surface area (Å²) in [7, 11) is 0. The Morgan fingerprint density at radius 1 is 0.882 bits per heavy atom. The number of aryl methyl sites for hydroxylation is 2. The maximum atomic E-state index is 13.0. The minimum Gasteiger partial charge on any atom is -0.457 e. The summed E-state index contributed by atoms with van der Waals surface area (Å²) in [4.78, 5) is 51.7. The predicted octanol–water partition coefficient (Wildman–Crippen LogP) is 4.57. The van der Waals surface area contributed by atoms with E-state index in [2.05, 4.69) is 0 Å². The third-order valence-corrected chi connectivity index (χ3v) is 5.82. The summed E-state index contributed by atoms with van der Waals surface area (Å²) in [6.45, 7) is 3.55. The Kier molecular flexibility index (Phi) is 5.09. The van der Waals surface area contributed by atoms with Crippen LogP contribution in [0.5, 0.6) is 0 Å². The molecule has 1 aromatic heterocycles. The number of ether oxygens (including phenoxy) is 1. The molecule has 1 aliphatic heterocycles. The van der Waals surface area contributed by atoms with E-state index in [0.29, 0.717) is 22.2 Å². The highest BCUT2D eigenvalue weighted by Gasteiger charge is 2.37. The lowest BCUT2D eigenvalue weighted by atomic mass is 10.1. The van der Waals surface area contributed by atoms with E-state index in [1.165, 1.54) is 24.3 Å². The highest BCUT2D eigenvalue weighted by Crippen LogP contribution is 2.31. The van der Waals surface area contributed by atoms with Crippen LogP contribution < -0.4 is 10.5 Å². The molecule has 0 aliphatic carbocycles. The summed E-state index contributed by atoms with van der Waals surface area (Å²) in [5.74, 6) is -1.61. The monoisotopic (exact) mass is 453 g/mol. The first-order valence-corrected chi connectivity index (χ1v) is 10.6. The van der Waals surface area contributed by atoms with E-state index in [1.54, 1.807) is 24.3 Å². The lowest BCUT2D eigenvalue weighted by Crippen LogP contribution is -2.29. The summed E-state index contributed by atoms with van der Waals surface area (Å²) < 4.78 is 10.7. The van der Waals surface area contributed by atoms with Crippen LogP contribution in [-0.4, -0.2) is 17.8 Å². The zero-order chi connectivity index (χ0) is 24.0. The average molecular weight is 453 g/mol. The number of hydrogen-bond donors (Lipinski definition) is 0. The van der Waals surface area contributed by atoms with Gasteiger partial charge in [-0.1, -0.05) is 30.3 Å². The van der Waals surface area contributed by atoms with Gasteiger partial charge >= 0.3 is 11.6 Å². The molecule has 7 nitrogen and oxygen atoms in total. The van der Waals surface area contributed by atoms with Crippen LogP contribution in [-0.2, 0) is 11.3 Å². The van der Waals surface area contributed by atoms with Crippen molar-refractivity contribution in [1.29, 1.82) is 0 Å². The molecule has 0 unspecified atom stereocenters. The van der Waals surface area contributed by atoms with Gasteiger partial charge in [0.25, 0.3) is 11.8 Å². The van der Waals surface area contributed by atoms with Gasteiger partial charge in [-0.2, -0.15) is 0 Å². The average Bonchev–Trinajstić information content (AvgIpc) is 3.06. The number of para-hydroxylation sites is 1. The second-order valence-corrected chi connectivity index (χ2v) is 8.16. The lowest BCUT2D eigenvalue weighted by Gasteiger charge is -2.16. The molecule has 4 aromatic rings. The molecule has 3 aromatic carbocycles. The number of nitrogens with zero attached hydrogens (tertiary/aromatic N) is 1. The van der Waals surface area contributed by atoms with Crippen molar-refractivity contribution in [3.63, 3.8) is 0 Å². The van der Waals surface area contributed by atoms with E-state index in [4.69, 9.17) is 9.15 Å². The smallest absolute Gasteiger partial charge is 0.338 e. The van der Waals surface area contributed by atoms with Crippen molar-refractivity contribution in [2.75, 3.05) is 4.90 Å². The highest BCUT2D eigenvalue weighted by molar-refractivity contribution is 6.34. The van der Waals surface area contributed by atoms with Gasteiger partial charge in [-0.3, -0.25) is 9.59 Å². The predicted molar refractivity (Wildman–Crippen MR) is 125 cm³/mol. The first-order valence-electron chi connectivity index (χ1n) is 10.6. The Hall–Kier alpha value is -4.52. The molecule has 0 fully saturated rings. The number of amides is 2. The molecule has 34 heavy (non-hydrogen) atoms. The fourth-order valence-corrected chi connectivity index (χ4v) is 4.08. The molecule has 0 saturated carbocycles. The number of carbonyl (C=O) groups excluding carboxylic acids is 3. The Morgan fingerprint density at radius 2 is 1.65 bits per heavy atom. The second-order valence-electron chi connectivity index (χ2n) is 8.16. The quantitative estimate of drug-likeness (QED) is 0.255.